The van der Waals surface area contributed by atoms with Gasteiger partial charge in [-0.05, 0) is 25.0 Å². The van der Waals surface area contributed by atoms with Gasteiger partial charge < -0.3 is 9.30 Å². The first-order chi connectivity index (χ1) is 7.79. The fourth-order valence-electron chi connectivity index (χ4n) is 2.34. The monoisotopic (exact) mass is 215 g/mol. The number of aryl methyl sites for hydroxylation is 1. The molecule has 0 atom stereocenters. The molecule has 2 heterocycles. The van der Waals surface area contributed by atoms with E-state index in [0.717, 1.165) is 35.1 Å². The van der Waals surface area contributed by atoms with E-state index in [1.807, 2.05) is 31.3 Å². The zero-order chi connectivity index (χ0) is 11.1. The first-order valence-corrected chi connectivity index (χ1v) is 5.52. The summed E-state index contributed by atoms with van der Waals surface area (Å²) < 4.78 is 7.37. The van der Waals surface area contributed by atoms with E-state index >= 15 is 0 Å². The molecule has 0 saturated heterocycles. The summed E-state index contributed by atoms with van der Waals surface area (Å²) in [5.74, 6) is 0.796. The second kappa shape index (κ2) is 3.37. The predicted octanol–water partition coefficient (Wildman–Crippen LogP) is 1.86. The highest BCUT2D eigenvalue weighted by Crippen LogP contribution is 2.30. The number of pyridine rings is 1. The van der Waals surface area contributed by atoms with Gasteiger partial charge in [0.15, 0.2) is 0 Å². The Kier molecular flexibility index (Phi) is 1.99. The number of nitrogens with zero attached hydrogens (tertiary/aromatic N) is 1. The molecule has 82 valence electrons. The zero-order valence-corrected chi connectivity index (χ0v) is 9.19. The molecule has 0 N–H and O–H groups in total. The van der Waals surface area contributed by atoms with Gasteiger partial charge in [-0.3, -0.25) is 4.79 Å². The van der Waals surface area contributed by atoms with Crippen LogP contribution in [0, 0.1) is 0 Å². The molecule has 0 radical (unpaired) electrons. The van der Waals surface area contributed by atoms with Gasteiger partial charge in [0, 0.05) is 12.4 Å². The molecule has 3 rings (SSSR count). The highest BCUT2D eigenvalue weighted by Gasteiger charge is 2.18. The molecule has 0 aliphatic carbocycles. The lowest BCUT2D eigenvalue weighted by molar-refractivity contribution is 0.290. The number of rotatable bonds is 0. The van der Waals surface area contributed by atoms with Gasteiger partial charge in [-0.15, -0.1) is 0 Å². The third-order valence-electron chi connectivity index (χ3n) is 3.16. The minimum absolute atomic E-state index is 0.0772. The van der Waals surface area contributed by atoms with Crippen molar-refractivity contribution >= 4 is 10.9 Å². The first-order valence-electron chi connectivity index (χ1n) is 5.52. The normalized spacial score (nSPS) is 14.6. The molecule has 1 aromatic heterocycles. The van der Waals surface area contributed by atoms with Crippen LogP contribution in [0.3, 0.4) is 0 Å². The summed E-state index contributed by atoms with van der Waals surface area (Å²) in [6, 6.07) is 7.88. The maximum atomic E-state index is 12.1. The Bertz CT molecular complexity index is 613. The van der Waals surface area contributed by atoms with Crippen molar-refractivity contribution in [3.8, 4) is 5.75 Å². The molecular formula is C13H13NO2. The van der Waals surface area contributed by atoms with Crippen molar-refractivity contribution in [3.05, 3.63) is 40.2 Å². The van der Waals surface area contributed by atoms with Crippen LogP contribution < -0.4 is 10.3 Å². The summed E-state index contributed by atoms with van der Waals surface area (Å²) in [7, 11) is 1.82. The van der Waals surface area contributed by atoms with E-state index in [-0.39, 0.29) is 5.56 Å². The molecule has 0 unspecified atom stereocenters. The third kappa shape index (κ3) is 1.18. The summed E-state index contributed by atoms with van der Waals surface area (Å²) in [6.45, 7) is 0.712. The van der Waals surface area contributed by atoms with Crippen molar-refractivity contribution in [2.75, 3.05) is 6.61 Å². The van der Waals surface area contributed by atoms with Gasteiger partial charge in [-0.2, -0.15) is 0 Å². The summed E-state index contributed by atoms with van der Waals surface area (Å²) in [6.07, 6.45) is 1.76. The van der Waals surface area contributed by atoms with Crippen LogP contribution in [0.25, 0.3) is 10.9 Å². The summed E-state index contributed by atoms with van der Waals surface area (Å²) in [5.41, 5.74) is 1.84. The van der Waals surface area contributed by atoms with Gasteiger partial charge in [-0.1, -0.05) is 12.1 Å². The molecule has 16 heavy (non-hydrogen) atoms. The van der Waals surface area contributed by atoms with Crippen molar-refractivity contribution in [1.29, 1.82) is 0 Å². The highest BCUT2D eigenvalue weighted by molar-refractivity contribution is 5.86. The molecule has 3 heteroatoms. The minimum atomic E-state index is 0.0772. The van der Waals surface area contributed by atoms with Crippen molar-refractivity contribution in [3.63, 3.8) is 0 Å². The van der Waals surface area contributed by atoms with Crippen LogP contribution in [0.15, 0.2) is 29.1 Å². The predicted molar refractivity (Wildman–Crippen MR) is 63.0 cm³/mol. The molecule has 3 nitrogen and oxygen atoms in total. The Morgan fingerprint density at radius 1 is 1.31 bits per heavy atom. The SMILES string of the molecule is Cn1c(=O)c2c(c3ccccc31)OCCC2. The van der Waals surface area contributed by atoms with E-state index in [2.05, 4.69) is 0 Å². The van der Waals surface area contributed by atoms with Crippen LogP contribution in [0.5, 0.6) is 5.75 Å². The van der Waals surface area contributed by atoms with E-state index in [4.69, 9.17) is 4.74 Å². The van der Waals surface area contributed by atoms with Gasteiger partial charge in [0.1, 0.15) is 5.75 Å². The molecule has 1 aliphatic heterocycles. The van der Waals surface area contributed by atoms with Crippen LogP contribution in [0.1, 0.15) is 12.0 Å². The van der Waals surface area contributed by atoms with Crippen LogP contribution in [0.4, 0.5) is 0 Å². The molecular weight excluding hydrogens is 202 g/mol. The fourth-order valence-corrected chi connectivity index (χ4v) is 2.34. The Balaban J connectivity index is 2.50. The number of benzene rings is 1. The molecule has 0 bridgehead atoms. The molecule has 2 aromatic rings. The quantitative estimate of drug-likeness (QED) is 0.671. The standard InChI is InChI=1S/C13H13NO2/c1-14-11-7-3-2-5-9(11)12-10(13(14)15)6-4-8-16-12/h2-3,5,7H,4,6,8H2,1H3. The number of ether oxygens (including phenoxy) is 1. The van der Waals surface area contributed by atoms with Crippen LogP contribution in [-0.4, -0.2) is 11.2 Å². The summed E-state index contributed by atoms with van der Waals surface area (Å²) in [5, 5.41) is 1.04. The Labute approximate surface area is 93.3 Å². The second-order valence-electron chi connectivity index (χ2n) is 4.14. The van der Waals surface area contributed by atoms with Gasteiger partial charge in [0.2, 0.25) is 0 Å². The van der Waals surface area contributed by atoms with Crippen LogP contribution >= 0.6 is 0 Å². The van der Waals surface area contributed by atoms with Crippen molar-refractivity contribution in [2.24, 2.45) is 7.05 Å². The summed E-state index contributed by atoms with van der Waals surface area (Å²) in [4.78, 5) is 12.1. The second-order valence-corrected chi connectivity index (χ2v) is 4.14. The number of hydrogen-bond acceptors (Lipinski definition) is 2. The molecule has 0 amide bonds. The molecule has 0 spiro atoms. The van der Waals surface area contributed by atoms with Gasteiger partial charge >= 0.3 is 0 Å². The summed E-state index contributed by atoms with van der Waals surface area (Å²) >= 11 is 0. The van der Waals surface area contributed by atoms with E-state index in [1.54, 1.807) is 4.57 Å². The average molecular weight is 215 g/mol. The maximum Gasteiger partial charge on any atom is 0.257 e. The number of fused-ring (bicyclic) bond motifs is 3. The van der Waals surface area contributed by atoms with E-state index in [1.165, 1.54) is 0 Å². The molecule has 1 aliphatic rings. The highest BCUT2D eigenvalue weighted by atomic mass is 16.5. The largest absolute Gasteiger partial charge is 0.492 e. The number of para-hydroxylation sites is 1. The number of aromatic nitrogens is 1. The van der Waals surface area contributed by atoms with Crippen LogP contribution in [0.2, 0.25) is 0 Å². The van der Waals surface area contributed by atoms with E-state index in [0.29, 0.717) is 6.61 Å². The Morgan fingerprint density at radius 3 is 3.00 bits per heavy atom. The lowest BCUT2D eigenvalue weighted by Gasteiger charge is -2.20. The Hall–Kier alpha value is -1.77. The lowest BCUT2D eigenvalue weighted by atomic mass is 10.0. The first kappa shape index (κ1) is 9.46. The lowest BCUT2D eigenvalue weighted by Crippen LogP contribution is -2.25. The fraction of sp³-hybridized carbons (Fsp3) is 0.308. The van der Waals surface area contributed by atoms with E-state index in [9.17, 15) is 4.79 Å². The topological polar surface area (TPSA) is 31.2 Å². The molecule has 0 saturated carbocycles. The van der Waals surface area contributed by atoms with E-state index < -0.39 is 0 Å². The van der Waals surface area contributed by atoms with Crippen LogP contribution in [-0.2, 0) is 13.5 Å². The maximum absolute atomic E-state index is 12.1. The Morgan fingerprint density at radius 2 is 2.12 bits per heavy atom. The molecule has 1 aromatic carbocycles. The van der Waals surface area contributed by atoms with Gasteiger partial charge in [0.05, 0.1) is 17.7 Å². The molecule has 0 fully saturated rings. The van der Waals surface area contributed by atoms with Crippen molar-refractivity contribution < 1.29 is 4.74 Å². The van der Waals surface area contributed by atoms with Crippen molar-refractivity contribution in [2.45, 2.75) is 12.8 Å². The van der Waals surface area contributed by atoms with Gasteiger partial charge in [-0.25, -0.2) is 0 Å². The average Bonchev–Trinajstić information content (AvgIpc) is 2.36. The minimum Gasteiger partial charge on any atom is -0.492 e. The number of hydrogen-bond donors (Lipinski definition) is 0. The van der Waals surface area contributed by atoms with Crippen molar-refractivity contribution in [1.82, 2.24) is 4.57 Å². The smallest absolute Gasteiger partial charge is 0.257 e. The van der Waals surface area contributed by atoms with Gasteiger partial charge in [0.25, 0.3) is 5.56 Å². The zero-order valence-electron chi connectivity index (χ0n) is 9.19. The third-order valence-corrected chi connectivity index (χ3v) is 3.16.